The molecular formula is C19H32ClN5O. The van der Waals surface area contributed by atoms with E-state index in [1.807, 2.05) is 21.8 Å². The molecule has 146 valence electrons. The van der Waals surface area contributed by atoms with Gasteiger partial charge in [0, 0.05) is 32.4 Å². The molecule has 0 saturated carbocycles. The van der Waals surface area contributed by atoms with Gasteiger partial charge in [-0.3, -0.25) is 9.48 Å². The Labute approximate surface area is 162 Å². The molecule has 3 fully saturated rings. The minimum absolute atomic E-state index is 0. The summed E-state index contributed by atoms with van der Waals surface area (Å²) in [4.78, 5) is 17.4. The van der Waals surface area contributed by atoms with Gasteiger partial charge in [0.1, 0.15) is 5.69 Å². The number of amides is 1. The van der Waals surface area contributed by atoms with Crippen molar-refractivity contribution in [2.45, 2.75) is 44.6 Å². The highest BCUT2D eigenvalue weighted by molar-refractivity contribution is 5.92. The van der Waals surface area contributed by atoms with Crippen LogP contribution in [0, 0.1) is 5.92 Å². The Bertz CT molecular complexity index is 580. The minimum atomic E-state index is 0. The van der Waals surface area contributed by atoms with Gasteiger partial charge in [0.2, 0.25) is 0 Å². The van der Waals surface area contributed by atoms with Gasteiger partial charge in [0.15, 0.2) is 0 Å². The van der Waals surface area contributed by atoms with Crippen LogP contribution in [0.4, 0.5) is 0 Å². The maximum Gasteiger partial charge on any atom is 0.274 e. The van der Waals surface area contributed by atoms with E-state index in [1.54, 1.807) is 0 Å². The highest BCUT2D eigenvalue weighted by Gasteiger charge is 2.30. The molecular weight excluding hydrogens is 350 g/mol. The summed E-state index contributed by atoms with van der Waals surface area (Å²) in [6.45, 7) is 7.47. The van der Waals surface area contributed by atoms with Crippen LogP contribution in [0.5, 0.6) is 0 Å². The molecule has 0 aromatic carbocycles. The number of rotatable bonds is 4. The Morgan fingerprint density at radius 1 is 1.15 bits per heavy atom. The molecule has 1 aromatic rings. The average Bonchev–Trinajstić information content (AvgIpc) is 3.33. The van der Waals surface area contributed by atoms with Crippen molar-refractivity contribution < 1.29 is 4.79 Å². The van der Waals surface area contributed by atoms with Crippen LogP contribution in [0.25, 0.3) is 0 Å². The van der Waals surface area contributed by atoms with Gasteiger partial charge in [0.05, 0.1) is 6.04 Å². The zero-order valence-electron chi connectivity index (χ0n) is 15.6. The smallest absolute Gasteiger partial charge is 0.274 e. The Kier molecular flexibility index (Phi) is 6.95. The molecule has 26 heavy (non-hydrogen) atoms. The van der Waals surface area contributed by atoms with Crippen molar-refractivity contribution in [3.63, 3.8) is 0 Å². The third-order valence-electron chi connectivity index (χ3n) is 6.01. The van der Waals surface area contributed by atoms with Crippen LogP contribution in [0.3, 0.4) is 0 Å². The second-order valence-electron chi connectivity index (χ2n) is 7.95. The monoisotopic (exact) mass is 381 g/mol. The second kappa shape index (κ2) is 9.20. The van der Waals surface area contributed by atoms with E-state index >= 15 is 0 Å². The van der Waals surface area contributed by atoms with Crippen molar-refractivity contribution >= 4 is 18.3 Å². The molecule has 1 aromatic heterocycles. The number of halogens is 1. The Morgan fingerprint density at radius 2 is 2.00 bits per heavy atom. The van der Waals surface area contributed by atoms with Gasteiger partial charge >= 0.3 is 0 Å². The van der Waals surface area contributed by atoms with Crippen LogP contribution in [0.1, 0.15) is 55.1 Å². The molecule has 0 aliphatic carbocycles. The fourth-order valence-electron chi connectivity index (χ4n) is 4.55. The van der Waals surface area contributed by atoms with Gasteiger partial charge in [-0.15, -0.1) is 12.4 Å². The number of aromatic nitrogens is 2. The summed E-state index contributed by atoms with van der Waals surface area (Å²) in [6, 6.07) is 2.29. The Hall–Kier alpha value is -1.11. The summed E-state index contributed by atoms with van der Waals surface area (Å²) in [5.74, 6) is 0.746. The lowest BCUT2D eigenvalue weighted by Crippen LogP contribution is -2.36. The molecule has 7 heteroatoms. The summed E-state index contributed by atoms with van der Waals surface area (Å²) in [7, 11) is 0. The summed E-state index contributed by atoms with van der Waals surface area (Å²) in [6.07, 6.45) is 9.49. The number of likely N-dealkylation sites (tertiary alicyclic amines) is 2. The molecule has 6 nitrogen and oxygen atoms in total. The quantitative estimate of drug-likeness (QED) is 0.868. The molecule has 4 rings (SSSR count). The number of hydrogen-bond donors (Lipinski definition) is 1. The van der Waals surface area contributed by atoms with Gasteiger partial charge in [-0.05, 0) is 63.7 Å². The fraction of sp³-hybridized carbons (Fsp3) is 0.789. The first-order valence-electron chi connectivity index (χ1n) is 10.1. The maximum atomic E-state index is 12.8. The zero-order chi connectivity index (χ0) is 17.1. The van der Waals surface area contributed by atoms with Gasteiger partial charge in [-0.1, -0.05) is 6.42 Å². The molecule has 1 N–H and O–H groups in total. The zero-order valence-corrected chi connectivity index (χ0v) is 16.4. The molecule has 1 amide bonds. The Balaban J connectivity index is 0.00000196. The van der Waals surface area contributed by atoms with Crippen LogP contribution in [0.2, 0.25) is 0 Å². The molecule has 3 aliphatic rings. The van der Waals surface area contributed by atoms with Crippen LogP contribution in [-0.2, 0) is 0 Å². The summed E-state index contributed by atoms with van der Waals surface area (Å²) < 4.78 is 1.99. The number of hydrogen-bond acceptors (Lipinski definition) is 4. The maximum absolute atomic E-state index is 12.8. The van der Waals surface area contributed by atoms with Gasteiger partial charge in [-0.25, -0.2) is 0 Å². The van der Waals surface area contributed by atoms with Crippen molar-refractivity contribution in [1.82, 2.24) is 24.9 Å². The summed E-state index contributed by atoms with van der Waals surface area (Å²) in [5.41, 5.74) is 0.615. The van der Waals surface area contributed by atoms with Crippen molar-refractivity contribution in [3.8, 4) is 0 Å². The van der Waals surface area contributed by atoms with Crippen molar-refractivity contribution in [2.24, 2.45) is 5.92 Å². The molecule has 2 unspecified atom stereocenters. The first-order valence-corrected chi connectivity index (χ1v) is 10.1. The number of nitrogens with one attached hydrogen (secondary N) is 1. The van der Waals surface area contributed by atoms with Gasteiger partial charge < -0.3 is 15.1 Å². The lowest BCUT2D eigenvalue weighted by atomic mass is 10.1. The van der Waals surface area contributed by atoms with Crippen LogP contribution >= 0.6 is 12.4 Å². The number of piperidine rings is 2. The topological polar surface area (TPSA) is 53.4 Å². The predicted octanol–water partition coefficient (Wildman–Crippen LogP) is 2.18. The van der Waals surface area contributed by atoms with Gasteiger partial charge in [-0.2, -0.15) is 5.10 Å². The highest BCUT2D eigenvalue weighted by atomic mass is 35.5. The lowest BCUT2D eigenvalue weighted by molar-refractivity contribution is 0.0775. The molecule has 2 atom stereocenters. The first kappa shape index (κ1) is 19.6. The van der Waals surface area contributed by atoms with Crippen molar-refractivity contribution in [2.75, 3.05) is 45.8 Å². The third-order valence-corrected chi connectivity index (χ3v) is 6.01. The largest absolute Gasteiger partial charge is 0.337 e. The highest BCUT2D eigenvalue weighted by Crippen LogP contribution is 2.22. The predicted molar refractivity (Wildman–Crippen MR) is 105 cm³/mol. The van der Waals surface area contributed by atoms with Crippen LogP contribution in [0.15, 0.2) is 12.3 Å². The van der Waals surface area contributed by atoms with E-state index in [1.165, 1.54) is 38.8 Å². The lowest BCUT2D eigenvalue weighted by Gasteiger charge is -2.28. The van der Waals surface area contributed by atoms with E-state index in [4.69, 9.17) is 0 Å². The molecule has 4 heterocycles. The van der Waals surface area contributed by atoms with Crippen LogP contribution < -0.4 is 5.32 Å². The second-order valence-corrected chi connectivity index (χ2v) is 7.95. The van der Waals surface area contributed by atoms with E-state index in [0.717, 1.165) is 45.6 Å². The standard InChI is InChI=1S/C19H31N5O.ClH/c25-19(18-7-12-24(21-18)17-5-4-8-20-13-17)23-11-6-16(15-23)14-22-9-2-1-3-10-22;/h7,12,16-17,20H,1-6,8-11,13-15H2;1H. The van der Waals surface area contributed by atoms with Crippen molar-refractivity contribution in [3.05, 3.63) is 18.0 Å². The number of carbonyl (C=O) groups excluding carboxylic acids is 1. The molecule has 0 bridgehead atoms. The first-order chi connectivity index (χ1) is 12.3. The van der Waals surface area contributed by atoms with E-state index in [-0.39, 0.29) is 18.3 Å². The van der Waals surface area contributed by atoms with E-state index in [2.05, 4.69) is 15.3 Å². The van der Waals surface area contributed by atoms with Crippen LogP contribution in [-0.4, -0.2) is 71.3 Å². The number of carbonyl (C=O) groups is 1. The molecule has 3 aliphatic heterocycles. The number of nitrogens with zero attached hydrogens (tertiary/aromatic N) is 4. The van der Waals surface area contributed by atoms with Gasteiger partial charge in [0.25, 0.3) is 5.91 Å². The summed E-state index contributed by atoms with van der Waals surface area (Å²) >= 11 is 0. The minimum Gasteiger partial charge on any atom is -0.337 e. The third kappa shape index (κ3) is 4.59. The van der Waals surface area contributed by atoms with E-state index in [0.29, 0.717) is 17.7 Å². The summed E-state index contributed by atoms with van der Waals surface area (Å²) in [5, 5.41) is 8.00. The molecule has 3 saturated heterocycles. The molecule has 0 radical (unpaired) electrons. The normalized spacial score (nSPS) is 27.3. The van der Waals surface area contributed by atoms with Crippen molar-refractivity contribution in [1.29, 1.82) is 0 Å². The average molecular weight is 382 g/mol. The SMILES string of the molecule is Cl.O=C(c1ccn(C2CCCNC2)n1)N1CCC(CN2CCCCC2)C1. The molecule has 0 spiro atoms. The fourth-order valence-corrected chi connectivity index (χ4v) is 4.55. The van der Waals surface area contributed by atoms with E-state index in [9.17, 15) is 4.79 Å². The Morgan fingerprint density at radius 3 is 2.77 bits per heavy atom. The van der Waals surface area contributed by atoms with E-state index < -0.39 is 0 Å².